The van der Waals surface area contributed by atoms with Gasteiger partial charge in [-0.2, -0.15) is 0 Å². The maximum absolute atomic E-state index is 9.92. The second-order valence-electron chi connectivity index (χ2n) is 9.92. The van der Waals surface area contributed by atoms with E-state index in [-0.39, 0.29) is 0 Å². The van der Waals surface area contributed by atoms with Crippen LogP contribution in [0.3, 0.4) is 0 Å². The first-order valence-electron chi connectivity index (χ1n) is 15.1. The molecule has 0 N–H and O–H groups in total. The lowest BCUT2D eigenvalue weighted by atomic mass is 10.0. The monoisotopic (exact) mass is 534 g/mol. The van der Waals surface area contributed by atoms with E-state index in [0.717, 1.165) is 17.7 Å². The Morgan fingerprint density at radius 3 is 1.38 bits per heavy atom. The molecule has 2 rings (SSSR count). The van der Waals surface area contributed by atoms with Crippen molar-refractivity contribution in [1.82, 2.24) is 0 Å². The molecule has 3 nitrogen and oxygen atoms in total. The van der Waals surface area contributed by atoms with Crippen LogP contribution in [0.15, 0.2) is 86.0 Å². The fourth-order valence-corrected chi connectivity index (χ4v) is 4.08. The molecule has 0 aromatic heterocycles. The van der Waals surface area contributed by atoms with E-state index >= 15 is 0 Å². The minimum Gasteiger partial charge on any atom is -0.387 e. The third-order valence-electron chi connectivity index (χ3n) is 6.42. The third kappa shape index (κ3) is 25.1. The molecule has 0 fully saturated rings. The number of unbranched alkanes of at least 4 members (excludes halogenated alkanes) is 16. The number of carbonyl (C=O) groups is 2. The summed E-state index contributed by atoms with van der Waals surface area (Å²) in [6.45, 7) is 13.4. The van der Waals surface area contributed by atoms with E-state index < -0.39 is 11.9 Å². The summed E-state index contributed by atoms with van der Waals surface area (Å²) in [6, 6.07) is 10.1. The first-order valence-corrected chi connectivity index (χ1v) is 15.1. The number of ether oxygens (including phenoxy) is 1. The Hall–Kier alpha value is -2.94. The Balaban J connectivity index is 0.000000632. The van der Waals surface area contributed by atoms with Crippen molar-refractivity contribution in [2.24, 2.45) is 0 Å². The van der Waals surface area contributed by atoms with Gasteiger partial charge in [0.1, 0.15) is 0 Å². The van der Waals surface area contributed by atoms with Gasteiger partial charge in [0.15, 0.2) is 0 Å². The number of hydrogen-bond acceptors (Lipinski definition) is 3. The summed E-state index contributed by atoms with van der Waals surface area (Å²) in [5, 5.41) is 0. The predicted molar refractivity (Wildman–Crippen MR) is 169 cm³/mol. The van der Waals surface area contributed by atoms with Crippen molar-refractivity contribution in [3.8, 4) is 0 Å². The second kappa shape index (κ2) is 28.1. The zero-order valence-corrected chi connectivity index (χ0v) is 24.7. The van der Waals surface area contributed by atoms with Gasteiger partial charge in [-0.1, -0.05) is 165 Å². The molecule has 1 aromatic rings. The number of rotatable bonds is 20. The van der Waals surface area contributed by atoms with E-state index in [4.69, 9.17) is 0 Å². The summed E-state index contributed by atoms with van der Waals surface area (Å²) in [4.78, 5) is 19.8. The summed E-state index contributed by atoms with van der Waals surface area (Å²) < 4.78 is 3.97. The van der Waals surface area contributed by atoms with E-state index in [0.29, 0.717) is 0 Å². The van der Waals surface area contributed by atoms with Crippen molar-refractivity contribution in [1.29, 1.82) is 0 Å². The van der Waals surface area contributed by atoms with Crippen LogP contribution in [0, 0.1) is 0 Å². The molecule has 1 aromatic carbocycles. The molecular formula is C36H54O3. The van der Waals surface area contributed by atoms with Gasteiger partial charge in [-0.05, 0) is 30.1 Å². The molecule has 0 spiro atoms. The minimum absolute atomic E-state index is 0.579. The zero-order valence-electron chi connectivity index (χ0n) is 24.7. The van der Waals surface area contributed by atoms with Gasteiger partial charge < -0.3 is 4.74 Å². The fraction of sp³-hybridized carbons (Fsp3) is 0.500. The molecule has 0 atom stereocenters. The molecule has 39 heavy (non-hydrogen) atoms. The van der Waals surface area contributed by atoms with Crippen molar-refractivity contribution < 1.29 is 14.3 Å². The Morgan fingerprint density at radius 1 is 0.641 bits per heavy atom. The average Bonchev–Trinajstić information content (AvgIpc) is 3.34. The number of benzene rings is 1. The topological polar surface area (TPSA) is 43.4 Å². The molecular weight excluding hydrogens is 480 g/mol. The first-order chi connectivity index (χ1) is 19.1. The highest BCUT2D eigenvalue weighted by Gasteiger charge is 2.10. The lowest BCUT2D eigenvalue weighted by Crippen LogP contribution is -1.96. The van der Waals surface area contributed by atoms with Crippen LogP contribution in [-0.2, 0) is 14.3 Å². The molecule has 0 unspecified atom stereocenters. The molecule has 1 aliphatic heterocycles. The molecule has 1 aliphatic rings. The van der Waals surface area contributed by atoms with Crippen LogP contribution >= 0.6 is 0 Å². The summed E-state index contributed by atoms with van der Waals surface area (Å²) in [5.41, 5.74) is 2.22. The van der Waals surface area contributed by atoms with Crippen LogP contribution in [0.4, 0.5) is 0 Å². The summed E-state index contributed by atoms with van der Waals surface area (Å²) in [5.74, 6) is -1.16. The van der Waals surface area contributed by atoms with Crippen molar-refractivity contribution in [2.75, 3.05) is 0 Å². The van der Waals surface area contributed by atoms with Gasteiger partial charge in [0.05, 0.1) is 0 Å². The number of carbonyl (C=O) groups excluding carboxylic acids is 2. The average molecular weight is 535 g/mol. The number of hydrogen-bond donors (Lipinski definition) is 0. The van der Waals surface area contributed by atoms with Crippen LogP contribution < -0.4 is 0 Å². The highest BCUT2D eigenvalue weighted by Crippen LogP contribution is 2.14. The van der Waals surface area contributed by atoms with E-state index in [1.807, 2.05) is 42.5 Å². The minimum atomic E-state index is -0.579. The number of allylic oxidation sites excluding steroid dienone is 4. The largest absolute Gasteiger partial charge is 0.387 e. The lowest BCUT2D eigenvalue weighted by molar-refractivity contribution is -0.150. The van der Waals surface area contributed by atoms with E-state index in [2.05, 4.69) is 31.4 Å². The first kappa shape index (κ1) is 36.1. The molecule has 0 saturated heterocycles. The van der Waals surface area contributed by atoms with Gasteiger partial charge in [-0.25, -0.2) is 9.59 Å². The van der Waals surface area contributed by atoms with Crippen LogP contribution in [0.1, 0.15) is 122 Å². The molecule has 0 aliphatic carbocycles. The fourth-order valence-electron chi connectivity index (χ4n) is 4.08. The van der Waals surface area contributed by atoms with E-state index in [1.165, 1.54) is 115 Å². The van der Waals surface area contributed by atoms with Crippen molar-refractivity contribution >= 4 is 18.0 Å². The Morgan fingerprint density at radius 2 is 1.05 bits per heavy atom. The number of esters is 2. The standard InChI is InChI=1S/C20H40.C12H12.C4H2O3/c1-3-5-7-9-11-13-15-17-19-20-18-16-14-12-10-8-6-4-2;1-3-11(4-2)10-12-8-6-5-7-9-12;5-3-1-2-4(6)7-3/h3H,1,4-20H2,2H3;3-10H,1-2H2;1-2H. The van der Waals surface area contributed by atoms with Crippen LogP contribution in [-0.4, -0.2) is 11.9 Å². The molecule has 0 radical (unpaired) electrons. The van der Waals surface area contributed by atoms with Crippen molar-refractivity contribution in [3.05, 3.63) is 91.6 Å². The summed E-state index contributed by atoms with van der Waals surface area (Å²) in [6.07, 6.45) is 34.2. The highest BCUT2D eigenvalue weighted by atomic mass is 16.6. The second-order valence-corrected chi connectivity index (χ2v) is 9.92. The molecule has 216 valence electrons. The number of cyclic esters (lactones) is 2. The van der Waals surface area contributed by atoms with Gasteiger partial charge in [-0.3, -0.25) is 0 Å². The van der Waals surface area contributed by atoms with Crippen LogP contribution in [0.2, 0.25) is 0 Å². The summed E-state index contributed by atoms with van der Waals surface area (Å²) in [7, 11) is 0. The Bertz CT molecular complexity index is 806. The van der Waals surface area contributed by atoms with E-state index in [1.54, 1.807) is 12.2 Å². The third-order valence-corrected chi connectivity index (χ3v) is 6.42. The van der Waals surface area contributed by atoms with Crippen molar-refractivity contribution in [2.45, 2.75) is 116 Å². The van der Waals surface area contributed by atoms with Gasteiger partial charge >= 0.3 is 11.9 Å². The molecule has 3 heteroatoms. The molecule has 0 bridgehead atoms. The SMILES string of the molecule is C=CC(C=C)=Cc1ccccc1.C=CCCCCCCCCCCCCCCCCCC.O=C1C=CC(=O)O1. The van der Waals surface area contributed by atoms with Crippen molar-refractivity contribution in [3.63, 3.8) is 0 Å². The Labute approximate surface area is 239 Å². The predicted octanol–water partition coefficient (Wildman–Crippen LogP) is 10.9. The normalized spacial score (nSPS) is 11.4. The maximum Gasteiger partial charge on any atom is 0.338 e. The zero-order chi connectivity index (χ0) is 28.8. The highest BCUT2D eigenvalue weighted by molar-refractivity contribution is 6.04. The van der Waals surface area contributed by atoms with Crippen LogP contribution in [0.5, 0.6) is 0 Å². The Kier molecular flexibility index (Phi) is 26.0. The van der Waals surface area contributed by atoms with Gasteiger partial charge in [0.2, 0.25) is 0 Å². The molecule has 0 saturated carbocycles. The summed E-state index contributed by atoms with van der Waals surface area (Å²) >= 11 is 0. The van der Waals surface area contributed by atoms with Crippen LogP contribution in [0.25, 0.3) is 6.08 Å². The smallest absolute Gasteiger partial charge is 0.338 e. The quantitative estimate of drug-likeness (QED) is 0.0549. The molecule has 0 amide bonds. The maximum atomic E-state index is 9.92. The van der Waals surface area contributed by atoms with E-state index in [9.17, 15) is 9.59 Å². The lowest BCUT2D eigenvalue weighted by Gasteiger charge is -2.03. The molecule has 1 heterocycles. The van der Waals surface area contributed by atoms with Gasteiger partial charge in [0.25, 0.3) is 0 Å². The van der Waals surface area contributed by atoms with Gasteiger partial charge in [-0.15, -0.1) is 6.58 Å². The van der Waals surface area contributed by atoms with Gasteiger partial charge in [0, 0.05) is 12.2 Å².